The van der Waals surface area contributed by atoms with Gasteiger partial charge in [0.2, 0.25) is 17.7 Å². The Bertz CT molecular complexity index is 380. The maximum absolute atomic E-state index is 11.9. The molecule has 6 nitrogen and oxygen atoms in total. The second kappa shape index (κ2) is 6.72. The first-order valence-corrected chi connectivity index (χ1v) is 7.03. The van der Waals surface area contributed by atoms with E-state index in [1.54, 1.807) is 4.90 Å². The number of carbonyl (C=O) groups is 3. The molecule has 1 heterocycles. The predicted molar refractivity (Wildman–Crippen MR) is 75.6 cm³/mol. The second-order valence-electron chi connectivity index (χ2n) is 6.57. The summed E-state index contributed by atoms with van der Waals surface area (Å²) in [6, 6.07) is 0. The van der Waals surface area contributed by atoms with Gasteiger partial charge in [0, 0.05) is 25.4 Å². The SMILES string of the molecule is CC(C)(C)CC(=O)NCC(=O)N1CCC(C(N)=O)CC1. The normalized spacial score (nSPS) is 16.9. The number of amides is 3. The number of piperidine rings is 1. The van der Waals surface area contributed by atoms with Gasteiger partial charge in [-0.05, 0) is 18.3 Å². The van der Waals surface area contributed by atoms with Crippen LogP contribution in [0.3, 0.4) is 0 Å². The molecule has 0 aliphatic carbocycles. The molecule has 3 N–H and O–H groups in total. The summed E-state index contributed by atoms with van der Waals surface area (Å²) in [6.45, 7) is 7.01. The van der Waals surface area contributed by atoms with Gasteiger partial charge < -0.3 is 16.0 Å². The van der Waals surface area contributed by atoms with E-state index in [1.807, 2.05) is 20.8 Å². The van der Waals surface area contributed by atoms with Crippen molar-refractivity contribution in [3.05, 3.63) is 0 Å². The second-order valence-corrected chi connectivity index (χ2v) is 6.57. The van der Waals surface area contributed by atoms with Crippen molar-refractivity contribution in [2.75, 3.05) is 19.6 Å². The van der Waals surface area contributed by atoms with Crippen LogP contribution in [-0.2, 0) is 14.4 Å². The first-order valence-electron chi connectivity index (χ1n) is 7.03. The van der Waals surface area contributed by atoms with E-state index in [-0.39, 0.29) is 35.6 Å². The van der Waals surface area contributed by atoms with Crippen LogP contribution in [-0.4, -0.2) is 42.3 Å². The molecule has 1 rings (SSSR count). The molecule has 1 aliphatic rings. The molecule has 0 aromatic rings. The third kappa shape index (κ3) is 5.59. The van der Waals surface area contributed by atoms with Gasteiger partial charge in [-0.3, -0.25) is 14.4 Å². The number of hydrogen-bond donors (Lipinski definition) is 2. The Hall–Kier alpha value is -1.59. The predicted octanol–water partition coefficient (Wildman–Crippen LogP) is 0.263. The van der Waals surface area contributed by atoms with Gasteiger partial charge in [-0.2, -0.15) is 0 Å². The van der Waals surface area contributed by atoms with Crippen molar-refractivity contribution in [3.8, 4) is 0 Å². The number of hydrogen-bond acceptors (Lipinski definition) is 3. The summed E-state index contributed by atoms with van der Waals surface area (Å²) in [5.41, 5.74) is 5.16. The van der Waals surface area contributed by atoms with Crippen LogP contribution in [0.15, 0.2) is 0 Å². The topological polar surface area (TPSA) is 92.5 Å². The van der Waals surface area contributed by atoms with Crippen LogP contribution >= 0.6 is 0 Å². The molecule has 0 bridgehead atoms. The van der Waals surface area contributed by atoms with Crippen LogP contribution in [0.2, 0.25) is 0 Å². The number of nitrogens with one attached hydrogen (secondary N) is 1. The molecule has 0 saturated carbocycles. The summed E-state index contributed by atoms with van der Waals surface area (Å²) in [5.74, 6) is -0.641. The van der Waals surface area contributed by atoms with Crippen molar-refractivity contribution < 1.29 is 14.4 Å². The lowest BCUT2D eigenvalue weighted by Gasteiger charge is -2.30. The molecule has 1 aliphatic heterocycles. The largest absolute Gasteiger partial charge is 0.369 e. The first kappa shape index (κ1) is 16.5. The molecular weight excluding hydrogens is 258 g/mol. The van der Waals surface area contributed by atoms with Crippen LogP contribution in [0.4, 0.5) is 0 Å². The zero-order chi connectivity index (χ0) is 15.3. The minimum absolute atomic E-state index is 0.0240. The molecule has 0 aromatic carbocycles. The standard InChI is InChI=1S/C14H25N3O3/c1-14(2,3)8-11(18)16-9-12(19)17-6-4-10(5-7-17)13(15)20/h10H,4-9H2,1-3H3,(H2,15,20)(H,16,18). The minimum atomic E-state index is -0.296. The van der Waals surface area contributed by atoms with Gasteiger partial charge in [-0.1, -0.05) is 20.8 Å². The molecule has 3 amide bonds. The van der Waals surface area contributed by atoms with E-state index in [2.05, 4.69) is 5.32 Å². The van der Waals surface area contributed by atoms with Gasteiger partial charge >= 0.3 is 0 Å². The lowest BCUT2D eigenvalue weighted by atomic mass is 9.92. The molecule has 20 heavy (non-hydrogen) atoms. The fraction of sp³-hybridized carbons (Fsp3) is 0.786. The van der Waals surface area contributed by atoms with Crippen molar-refractivity contribution in [1.29, 1.82) is 0 Å². The first-order chi connectivity index (χ1) is 9.19. The van der Waals surface area contributed by atoms with E-state index in [0.717, 1.165) is 0 Å². The highest BCUT2D eigenvalue weighted by atomic mass is 16.2. The maximum atomic E-state index is 11.9. The van der Waals surface area contributed by atoms with E-state index >= 15 is 0 Å². The summed E-state index contributed by atoms with van der Waals surface area (Å²) in [6.07, 6.45) is 1.61. The van der Waals surface area contributed by atoms with E-state index in [9.17, 15) is 14.4 Å². The Morgan fingerprint density at radius 1 is 1.20 bits per heavy atom. The molecule has 1 saturated heterocycles. The highest BCUT2D eigenvalue weighted by Crippen LogP contribution is 2.18. The van der Waals surface area contributed by atoms with Crippen molar-refractivity contribution in [2.45, 2.75) is 40.0 Å². The molecule has 0 spiro atoms. The van der Waals surface area contributed by atoms with Gasteiger partial charge in [0.1, 0.15) is 0 Å². The van der Waals surface area contributed by atoms with Crippen molar-refractivity contribution in [1.82, 2.24) is 10.2 Å². The average Bonchev–Trinajstić information content (AvgIpc) is 2.34. The molecule has 114 valence electrons. The zero-order valence-electron chi connectivity index (χ0n) is 12.6. The number of nitrogens with zero attached hydrogens (tertiary/aromatic N) is 1. The number of carbonyl (C=O) groups excluding carboxylic acids is 3. The van der Waals surface area contributed by atoms with Gasteiger partial charge in [-0.15, -0.1) is 0 Å². The summed E-state index contributed by atoms with van der Waals surface area (Å²) < 4.78 is 0. The van der Waals surface area contributed by atoms with Gasteiger partial charge in [0.15, 0.2) is 0 Å². The fourth-order valence-corrected chi connectivity index (χ4v) is 2.24. The van der Waals surface area contributed by atoms with Crippen molar-refractivity contribution >= 4 is 17.7 Å². The molecule has 0 unspecified atom stereocenters. The van der Waals surface area contributed by atoms with Crippen LogP contribution in [0.5, 0.6) is 0 Å². The molecule has 0 radical (unpaired) electrons. The summed E-state index contributed by atoms with van der Waals surface area (Å²) >= 11 is 0. The Labute approximate surface area is 120 Å². The third-order valence-corrected chi connectivity index (χ3v) is 3.38. The number of primary amides is 1. The number of likely N-dealkylation sites (tertiary alicyclic amines) is 1. The minimum Gasteiger partial charge on any atom is -0.369 e. The molecule has 0 aromatic heterocycles. The number of nitrogens with two attached hydrogens (primary N) is 1. The molecule has 1 fully saturated rings. The maximum Gasteiger partial charge on any atom is 0.241 e. The summed E-state index contributed by atoms with van der Waals surface area (Å²) in [5, 5.41) is 2.65. The van der Waals surface area contributed by atoms with E-state index in [1.165, 1.54) is 0 Å². The summed E-state index contributed by atoms with van der Waals surface area (Å²) in [4.78, 5) is 36.3. The monoisotopic (exact) mass is 283 g/mol. The van der Waals surface area contributed by atoms with Gasteiger partial charge in [0.25, 0.3) is 0 Å². The van der Waals surface area contributed by atoms with Crippen molar-refractivity contribution in [3.63, 3.8) is 0 Å². The highest BCUT2D eigenvalue weighted by molar-refractivity contribution is 5.85. The smallest absolute Gasteiger partial charge is 0.241 e. The molecule has 0 atom stereocenters. The zero-order valence-corrected chi connectivity index (χ0v) is 12.6. The lowest BCUT2D eigenvalue weighted by molar-refractivity contribution is -0.135. The third-order valence-electron chi connectivity index (χ3n) is 3.38. The van der Waals surface area contributed by atoms with Crippen LogP contribution in [0, 0.1) is 11.3 Å². The van der Waals surface area contributed by atoms with Crippen LogP contribution in [0.25, 0.3) is 0 Å². The fourth-order valence-electron chi connectivity index (χ4n) is 2.24. The summed E-state index contributed by atoms with van der Waals surface area (Å²) in [7, 11) is 0. The van der Waals surface area contributed by atoms with E-state index in [4.69, 9.17) is 5.73 Å². The van der Waals surface area contributed by atoms with Crippen LogP contribution in [0.1, 0.15) is 40.0 Å². The van der Waals surface area contributed by atoms with Crippen LogP contribution < -0.4 is 11.1 Å². The molecular formula is C14H25N3O3. The van der Waals surface area contributed by atoms with E-state index < -0.39 is 0 Å². The highest BCUT2D eigenvalue weighted by Gasteiger charge is 2.26. The average molecular weight is 283 g/mol. The number of rotatable bonds is 4. The van der Waals surface area contributed by atoms with E-state index in [0.29, 0.717) is 32.4 Å². The van der Waals surface area contributed by atoms with Gasteiger partial charge in [0.05, 0.1) is 6.54 Å². The Balaban J connectivity index is 2.31. The molecule has 6 heteroatoms. The van der Waals surface area contributed by atoms with Crippen molar-refractivity contribution in [2.24, 2.45) is 17.1 Å². The quantitative estimate of drug-likeness (QED) is 0.775. The lowest BCUT2D eigenvalue weighted by Crippen LogP contribution is -2.46. The van der Waals surface area contributed by atoms with Gasteiger partial charge in [-0.25, -0.2) is 0 Å². The Morgan fingerprint density at radius 2 is 1.75 bits per heavy atom. The Morgan fingerprint density at radius 3 is 2.20 bits per heavy atom. The Kier molecular flexibility index (Phi) is 5.53.